The van der Waals surface area contributed by atoms with Gasteiger partial charge in [0, 0.05) is 12.4 Å². The van der Waals surface area contributed by atoms with Gasteiger partial charge in [0.25, 0.3) is 0 Å². The number of carbonyl (C=O) groups is 1. The maximum absolute atomic E-state index is 10.7. The third kappa shape index (κ3) is 1.61. The highest BCUT2D eigenvalue weighted by molar-refractivity contribution is 5.89. The van der Waals surface area contributed by atoms with Gasteiger partial charge in [0.05, 0.1) is 5.56 Å². The van der Waals surface area contributed by atoms with Crippen molar-refractivity contribution in [2.24, 2.45) is 0 Å². The lowest BCUT2D eigenvalue weighted by Gasteiger charge is -2.07. The fourth-order valence-corrected chi connectivity index (χ4v) is 1.06. The molecule has 64 valence electrons. The van der Waals surface area contributed by atoms with Crippen LogP contribution in [-0.2, 0) is 0 Å². The van der Waals surface area contributed by atoms with E-state index in [1.807, 2.05) is 13.8 Å². The molecule has 0 amide bonds. The number of rotatable bonds is 2. The monoisotopic (exact) mass is 165 g/mol. The van der Waals surface area contributed by atoms with Crippen LogP contribution in [0.1, 0.15) is 35.7 Å². The van der Waals surface area contributed by atoms with E-state index in [1.165, 1.54) is 12.3 Å². The summed E-state index contributed by atoms with van der Waals surface area (Å²) in [5, 5.41) is 8.79. The van der Waals surface area contributed by atoms with Gasteiger partial charge in [-0.1, -0.05) is 13.8 Å². The number of pyridine rings is 1. The van der Waals surface area contributed by atoms with Crippen LogP contribution in [0.3, 0.4) is 0 Å². The summed E-state index contributed by atoms with van der Waals surface area (Å²) in [4.78, 5) is 14.6. The number of carboxylic acids is 1. The van der Waals surface area contributed by atoms with Crippen LogP contribution in [0.15, 0.2) is 18.5 Å². The van der Waals surface area contributed by atoms with Crippen molar-refractivity contribution in [3.8, 4) is 0 Å². The standard InChI is InChI=1S/C9H11NO2/c1-6(2)8-5-10-4-3-7(8)9(11)12/h3-6H,1-2H3,(H,11,12). The number of aromatic carboxylic acids is 1. The number of hydrogen-bond donors (Lipinski definition) is 1. The van der Waals surface area contributed by atoms with Crippen LogP contribution in [-0.4, -0.2) is 16.1 Å². The third-order valence-electron chi connectivity index (χ3n) is 1.70. The average Bonchev–Trinajstić information content (AvgIpc) is 2.04. The van der Waals surface area contributed by atoms with Crippen molar-refractivity contribution in [2.45, 2.75) is 19.8 Å². The fourth-order valence-electron chi connectivity index (χ4n) is 1.06. The fraction of sp³-hybridized carbons (Fsp3) is 0.333. The first-order chi connectivity index (χ1) is 5.63. The molecule has 0 aliphatic heterocycles. The maximum atomic E-state index is 10.7. The van der Waals surface area contributed by atoms with Crippen molar-refractivity contribution >= 4 is 5.97 Å². The van der Waals surface area contributed by atoms with Crippen LogP contribution < -0.4 is 0 Å². The summed E-state index contributed by atoms with van der Waals surface area (Å²) < 4.78 is 0. The van der Waals surface area contributed by atoms with E-state index in [0.29, 0.717) is 5.56 Å². The predicted octanol–water partition coefficient (Wildman–Crippen LogP) is 1.90. The molecule has 0 aliphatic carbocycles. The third-order valence-corrected chi connectivity index (χ3v) is 1.70. The van der Waals surface area contributed by atoms with E-state index in [9.17, 15) is 4.79 Å². The molecule has 1 N–H and O–H groups in total. The molecule has 0 unspecified atom stereocenters. The van der Waals surface area contributed by atoms with Gasteiger partial charge in [0.15, 0.2) is 0 Å². The van der Waals surface area contributed by atoms with Gasteiger partial charge in [-0.05, 0) is 17.5 Å². The average molecular weight is 165 g/mol. The predicted molar refractivity (Wildman–Crippen MR) is 45.3 cm³/mol. The Morgan fingerprint density at radius 1 is 1.58 bits per heavy atom. The molecule has 0 radical (unpaired) electrons. The highest BCUT2D eigenvalue weighted by Crippen LogP contribution is 2.17. The van der Waals surface area contributed by atoms with E-state index >= 15 is 0 Å². The van der Waals surface area contributed by atoms with Gasteiger partial charge in [0.2, 0.25) is 0 Å². The quantitative estimate of drug-likeness (QED) is 0.728. The molecular formula is C9H11NO2. The minimum Gasteiger partial charge on any atom is -0.478 e. The van der Waals surface area contributed by atoms with Crippen LogP contribution >= 0.6 is 0 Å². The molecule has 0 bridgehead atoms. The molecule has 1 aromatic heterocycles. The summed E-state index contributed by atoms with van der Waals surface area (Å²) in [7, 11) is 0. The first kappa shape index (κ1) is 8.71. The van der Waals surface area contributed by atoms with Gasteiger partial charge in [-0.3, -0.25) is 4.98 Å². The van der Waals surface area contributed by atoms with Crippen LogP contribution in [0.2, 0.25) is 0 Å². The molecule has 1 aromatic rings. The van der Waals surface area contributed by atoms with E-state index in [4.69, 9.17) is 5.11 Å². The molecule has 0 aliphatic rings. The highest BCUT2D eigenvalue weighted by Gasteiger charge is 2.11. The molecule has 3 nitrogen and oxygen atoms in total. The van der Waals surface area contributed by atoms with E-state index < -0.39 is 5.97 Å². The smallest absolute Gasteiger partial charge is 0.336 e. The zero-order valence-corrected chi connectivity index (χ0v) is 7.11. The van der Waals surface area contributed by atoms with Gasteiger partial charge in [-0.25, -0.2) is 4.79 Å². The van der Waals surface area contributed by atoms with Gasteiger partial charge in [-0.2, -0.15) is 0 Å². The normalized spacial score (nSPS) is 10.2. The zero-order chi connectivity index (χ0) is 9.14. The minimum atomic E-state index is -0.888. The Kier molecular flexibility index (Phi) is 2.43. The summed E-state index contributed by atoms with van der Waals surface area (Å²) in [5.74, 6) is -0.689. The van der Waals surface area contributed by atoms with Gasteiger partial charge >= 0.3 is 5.97 Å². The topological polar surface area (TPSA) is 50.2 Å². The van der Waals surface area contributed by atoms with E-state index in [-0.39, 0.29) is 5.92 Å². The Bertz CT molecular complexity index is 294. The van der Waals surface area contributed by atoms with Gasteiger partial charge < -0.3 is 5.11 Å². The van der Waals surface area contributed by atoms with Crippen LogP contribution in [0.25, 0.3) is 0 Å². The molecule has 0 saturated heterocycles. The summed E-state index contributed by atoms with van der Waals surface area (Å²) in [6.45, 7) is 3.90. The number of hydrogen-bond acceptors (Lipinski definition) is 2. The summed E-state index contributed by atoms with van der Waals surface area (Å²) in [6, 6.07) is 1.53. The molecule has 0 fully saturated rings. The summed E-state index contributed by atoms with van der Waals surface area (Å²) in [6.07, 6.45) is 3.10. The molecule has 0 aromatic carbocycles. The Balaban J connectivity index is 3.17. The Morgan fingerprint density at radius 2 is 2.25 bits per heavy atom. The lowest BCUT2D eigenvalue weighted by Crippen LogP contribution is -2.03. The largest absolute Gasteiger partial charge is 0.478 e. The molecule has 1 rings (SSSR count). The van der Waals surface area contributed by atoms with Crippen LogP contribution in [0.4, 0.5) is 0 Å². The molecule has 0 atom stereocenters. The molecule has 3 heteroatoms. The second kappa shape index (κ2) is 3.34. The first-order valence-corrected chi connectivity index (χ1v) is 3.80. The van der Waals surface area contributed by atoms with Gasteiger partial charge in [0.1, 0.15) is 0 Å². The SMILES string of the molecule is CC(C)c1cnccc1C(=O)O. The van der Waals surface area contributed by atoms with Crippen molar-refractivity contribution in [1.29, 1.82) is 0 Å². The Labute approximate surface area is 71.1 Å². The molecule has 1 heterocycles. The minimum absolute atomic E-state index is 0.199. The second-order valence-corrected chi connectivity index (χ2v) is 2.92. The first-order valence-electron chi connectivity index (χ1n) is 3.80. The molecule has 0 saturated carbocycles. The second-order valence-electron chi connectivity index (χ2n) is 2.92. The number of aromatic nitrogens is 1. The van der Waals surface area contributed by atoms with E-state index in [0.717, 1.165) is 5.56 Å². The number of carboxylic acid groups (broad SMARTS) is 1. The van der Waals surface area contributed by atoms with Crippen LogP contribution in [0, 0.1) is 0 Å². The van der Waals surface area contributed by atoms with Crippen molar-refractivity contribution in [3.05, 3.63) is 29.6 Å². The summed E-state index contributed by atoms with van der Waals surface area (Å²) >= 11 is 0. The van der Waals surface area contributed by atoms with Crippen molar-refractivity contribution < 1.29 is 9.90 Å². The Morgan fingerprint density at radius 3 is 2.67 bits per heavy atom. The summed E-state index contributed by atoms with van der Waals surface area (Å²) in [5.41, 5.74) is 1.13. The molecule has 12 heavy (non-hydrogen) atoms. The van der Waals surface area contributed by atoms with E-state index in [2.05, 4.69) is 4.98 Å². The Hall–Kier alpha value is -1.38. The maximum Gasteiger partial charge on any atom is 0.336 e. The zero-order valence-electron chi connectivity index (χ0n) is 7.11. The van der Waals surface area contributed by atoms with Crippen molar-refractivity contribution in [2.75, 3.05) is 0 Å². The van der Waals surface area contributed by atoms with Crippen molar-refractivity contribution in [1.82, 2.24) is 4.98 Å². The van der Waals surface area contributed by atoms with Gasteiger partial charge in [-0.15, -0.1) is 0 Å². The lowest BCUT2D eigenvalue weighted by atomic mass is 10.00. The molecular weight excluding hydrogens is 154 g/mol. The lowest BCUT2D eigenvalue weighted by molar-refractivity contribution is 0.0695. The van der Waals surface area contributed by atoms with Crippen LogP contribution in [0.5, 0.6) is 0 Å². The molecule has 0 spiro atoms. The van der Waals surface area contributed by atoms with Crippen molar-refractivity contribution in [3.63, 3.8) is 0 Å². The highest BCUT2D eigenvalue weighted by atomic mass is 16.4. The number of nitrogens with zero attached hydrogens (tertiary/aromatic N) is 1. The van der Waals surface area contributed by atoms with E-state index in [1.54, 1.807) is 6.20 Å².